The third kappa shape index (κ3) is 3.05. The second kappa shape index (κ2) is 5.14. The number of carbonyl (C=O) groups is 1. The smallest absolute Gasteiger partial charge is 0.275 e. The summed E-state index contributed by atoms with van der Waals surface area (Å²) in [5, 5.41) is 3.17. The van der Waals surface area contributed by atoms with E-state index in [2.05, 4.69) is 15.3 Å². The molecule has 0 saturated heterocycles. The van der Waals surface area contributed by atoms with Crippen molar-refractivity contribution in [3.63, 3.8) is 0 Å². The van der Waals surface area contributed by atoms with Crippen LogP contribution in [0.5, 0.6) is 0 Å². The number of anilines is 1. The highest BCUT2D eigenvalue weighted by Crippen LogP contribution is 2.12. The first-order valence-electron chi connectivity index (χ1n) is 5.43. The van der Waals surface area contributed by atoms with Gasteiger partial charge in [0.25, 0.3) is 5.91 Å². The van der Waals surface area contributed by atoms with E-state index >= 15 is 0 Å². The van der Waals surface area contributed by atoms with Crippen molar-refractivity contribution in [2.24, 2.45) is 0 Å². The lowest BCUT2D eigenvalue weighted by Gasteiger charge is -2.06. The zero-order valence-corrected chi connectivity index (χ0v) is 10.8. The topological polar surface area (TPSA) is 54.9 Å². The molecule has 5 heteroatoms. The van der Waals surface area contributed by atoms with E-state index in [-0.39, 0.29) is 11.6 Å². The molecule has 2 heterocycles. The molecule has 2 aromatic rings. The summed E-state index contributed by atoms with van der Waals surface area (Å²) in [6.07, 6.45) is 1.49. The van der Waals surface area contributed by atoms with E-state index in [9.17, 15) is 4.79 Å². The van der Waals surface area contributed by atoms with Crippen LogP contribution in [0.3, 0.4) is 0 Å². The van der Waals surface area contributed by atoms with Gasteiger partial charge in [-0.05, 0) is 43.7 Å². The van der Waals surface area contributed by atoms with E-state index in [1.54, 1.807) is 12.1 Å². The first-order chi connectivity index (χ1) is 8.54. The van der Waals surface area contributed by atoms with E-state index < -0.39 is 0 Å². The van der Waals surface area contributed by atoms with Crippen LogP contribution in [0.1, 0.15) is 21.7 Å². The van der Waals surface area contributed by atoms with E-state index in [0.29, 0.717) is 10.8 Å². The largest absolute Gasteiger partial charge is 0.305 e. The van der Waals surface area contributed by atoms with Gasteiger partial charge in [0.05, 0.1) is 0 Å². The third-order valence-electron chi connectivity index (χ3n) is 2.29. The summed E-state index contributed by atoms with van der Waals surface area (Å²) in [5.74, 6) is 0.189. The number of aryl methyl sites for hydroxylation is 2. The first kappa shape index (κ1) is 12.5. The lowest BCUT2D eigenvalue weighted by molar-refractivity contribution is 0.102. The zero-order valence-electron chi connectivity index (χ0n) is 10.1. The normalized spacial score (nSPS) is 10.2. The van der Waals surface area contributed by atoms with Gasteiger partial charge in [-0.3, -0.25) is 9.78 Å². The minimum atomic E-state index is -0.324. The fraction of sp³-hybridized carbons (Fsp3) is 0.154. The third-order valence-corrected chi connectivity index (χ3v) is 2.53. The van der Waals surface area contributed by atoms with Gasteiger partial charge in [0.15, 0.2) is 0 Å². The monoisotopic (exact) mass is 261 g/mol. The summed E-state index contributed by atoms with van der Waals surface area (Å²) < 4.78 is 0. The molecule has 0 bridgehead atoms. The van der Waals surface area contributed by atoms with Gasteiger partial charge in [-0.15, -0.1) is 0 Å². The summed E-state index contributed by atoms with van der Waals surface area (Å²) in [6, 6.07) is 6.87. The molecule has 1 N–H and O–H groups in total. The summed E-state index contributed by atoms with van der Waals surface area (Å²) in [7, 11) is 0. The first-order valence-corrected chi connectivity index (χ1v) is 5.80. The second-order valence-corrected chi connectivity index (χ2v) is 4.42. The molecule has 92 valence electrons. The molecule has 2 rings (SSSR count). The maximum Gasteiger partial charge on any atom is 0.275 e. The summed E-state index contributed by atoms with van der Waals surface area (Å²) in [5.41, 5.74) is 2.16. The molecule has 0 aromatic carbocycles. The van der Waals surface area contributed by atoms with Gasteiger partial charge in [-0.1, -0.05) is 11.6 Å². The van der Waals surface area contributed by atoms with Crippen LogP contribution >= 0.6 is 11.6 Å². The van der Waals surface area contributed by atoms with Gasteiger partial charge in [0.2, 0.25) is 0 Å². The van der Waals surface area contributed by atoms with Crippen molar-refractivity contribution < 1.29 is 4.79 Å². The zero-order chi connectivity index (χ0) is 13.1. The molecular weight excluding hydrogens is 250 g/mol. The van der Waals surface area contributed by atoms with Crippen LogP contribution in [0.25, 0.3) is 0 Å². The lowest BCUT2D eigenvalue weighted by atomic mass is 10.2. The number of hydrogen-bond acceptors (Lipinski definition) is 3. The van der Waals surface area contributed by atoms with Crippen LogP contribution in [0, 0.1) is 13.8 Å². The van der Waals surface area contributed by atoms with Crippen LogP contribution in [-0.2, 0) is 0 Å². The fourth-order valence-electron chi connectivity index (χ4n) is 1.61. The molecule has 0 aliphatic rings. The quantitative estimate of drug-likeness (QED) is 0.904. The van der Waals surface area contributed by atoms with Crippen molar-refractivity contribution in [3.8, 4) is 0 Å². The molecule has 0 fully saturated rings. The summed E-state index contributed by atoms with van der Waals surface area (Å²) >= 11 is 5.81. The standard InChI is InChI=1S/C13H12ClN3O/c1-8-5-9(2)16-12(6-8)17-13(18)11-7-10(14)3-4-15-11/h3-7H,1-2H3,(H,16,17,18). The van der Waals surface area contributed by atoms with Gasteiger partial charge in [-0.25, -0.2) is 4.98 Å². The molecule has 0 radical (unpaired) electrons. The Kier molecular flexibility index (Phi) is 3.58. The molecule has 0 spiro atoms. The van der Waals surface area contributed by atoms with Crippen LogP contribution in [-0.4, -0.2) is 15.9 Å². The number of nitrogens with one attached hydrogen (secondary N) is 1. The molecular formula is C13H12ClN3O. The van der Waals surface area contributed by atoms with Crippen LogP contribution in [0.2, 0.25) is 5.02 Å². The Morgan fingerprint density at radius 3 is 2.72 bits per heavy atom. The number of pyridine rings is 2. The predicted octanol–water partition coefficient (Wildman–Crippen LogP) is 3.00. The molecule has 0 unspecified atom stereocenters. The number of carbonyl (C=O) groups excluding carboxylic acids is 1. The van der Waals surface area contributed by atoms with Crippen molar-refractivity contribution in [1.82, 2.24) is 9.97 Å². The Bertz CT molecular complexity index is 578. The highest BCUT2D eigenvalue weighted by atomic mass is 35.5. The van der Waals surface area contributed by atoms with Gasteiger partial charge >= 0.3 is 0 Å². The second-order valence-electron chi connectivity index (χ2n) is 3.98. The maximum atomic E-state index is 11.9. The summed E-state index contributed by atoms with van der Waals surface area (Å²) in [6.45, 7) is 3.82. The van der Waals surface area contributed by atoms with Crippen LogP contribution in [0.15, 0.2) is 30.5 Å². The molecule has 0 saturated carbocycles. The number of nitrogens with zero attached hydrogens (tertiary/aromatic N) is 2. The molecule has 0 aliphatic carbocycles. The van der Waals surface area contributed by atoms with Crippen molar-refractivity contribution >= 4 is 23.3 Å². The van der Waals surface area contributed by atoms with Crippen LogP contribution in [0.4, 0.5) is 5.82 Å². The average molecular weight is 262 g/mol. The Labute approximate surface area is 110 Å². The molecule has 4 nitrogen and oxygen atoms in total. The average Bonchev–Trinajstić information content (AvgIpc) is 2.27. The van der Waals surface area contributed by atoms with E-state index in [1.165, 1.54) is 12.3 Å². The lowest BCUT2D eigenvalue weighted by Crippen LogP contribution is -2.14. The van der Waals surface area contributed by atoms with Crippen molar-refractivity contribution in [2.75, 3.05) is 5.32 Å². The highest BCUT2D eigenvalue weighted by molar-refractivity contribution is 6.30. The van der Waals surface area contributed by atoms with Gasteiger partial charge in [0, 0.05) is 16.9 Å². The Balaban J connectivity index is 2.21. The minimum absolute atomic E-state index is 0.267. The molecule has 2 aromatic heterocycles. The van der Waals surface area contributed by atoms with Crippen LogP contribution < -0.4 is 5.32 Å². The van der Waals surface area contributed by atoms with Gasteiger partial charge < -0.3 is 5.32 Å². The number of hydrogen-bond donors (Lipinski definition) is 1. The Hall–Kier alpha value is -1.94. The van der Waals surface area contributed by atoms with Gasteiger partial charge in [0.1, 0.15) is 11.5 Å². The van der Waals surface area contributed by atoms with E-state index in [1.807, 2.05) is 19.9 Å². The highest BCUT2D eigenvalue weighted by Gasteiger charge is 2.09. The number of rotatable bonds is 2. The molecule has 18 heavy (non-hydrogen) atoms. The number of amides is 1. The number of aromatic nitrogens is 2. The summed E-state index contributed by atoms with van der Waals surface area (Å²) in [4.78, 5) is 20.1. The van der Waals surface area contributed by atoms with Crippen molar-refractivity contribution in [2.45, 2.75) is 13.8 Å². The van der Waals surface area contributed by atoms with Crippen molar-refractivity contribution in [1.29, 1.82) is 0 Å². The van der Waals surface area contributed by atoms with E-state index in [0.717, 1.165) is 11.3 Å². The molecule has 0 atom stereocenters. The Morgan fingerprint density at radius 1 is 1.28 bits per heavy atom. The molecule has 0 aliphatic heterocycles. The maximum absolute atomic E-state index is 11.9. The van der Waals surface area contributed by atoms with Gasteiger partial charge in [-0.2, -0.15) is 0 Å². The number of halogens is 1. The fourth-order valence-corrected chi connectivity index (χ4v) is 1.77. The van der Waals surface area contributed by atoms with E-state index in [4.69, 9.17) is 11.6 Å². The minimum Gasteiger partial charge on any atom is -0.305 e. The van der Waals surface area contributed by atoms with Crippen molar-refractivity contribution in [3.05, 3.63) is 52.4 Å². The molecule has 1 amide bonds. The SMILES string of the molecule is Cc1cc(C)nc(NC(=O)c2cc(Cl)ccn2)c1. The Morgan fingerprint density at radius 2 is 2.06 bits per heavy atom. The predicted molar refractivity (Wildman–Crippen MR) is 70.9 cm³/mol.